The van der Waals surface area contributed by atoms with Gasteiger partial charge in [0.1, 0.15) is 0 Å². The summed E-state index contributed by atoms with van der Waals surface area (Å²) in [6, 6.07) is 1.99. The molecule has 3 fully saturated rings. The average Bonchev–Trinajstić information content (AvgIpc) is 3.35. The van der Waals surface area contributed by atoms with Gasteiger partial charge in [0.25, 0.3) is 0 Å². The van der Waals surface area contributed by atoms with Crippen molar-refractivity contribution in [2.24, 2.45) is 28.6 Å². The fraction of sp³-hybridized carbons (Fsp3) is 0.793. The molecule has 0 spiro atoms. The Kier molecular flexibility index (Phi) is 5.48. The van der Waals surface area contributed by atoms with Crippen LogP contribution in [0.3, 0.4) is 0 Å². The van der Waals surface area contributed by atoms with E-state index in [1.54, 1.807) is 18.1 Å². The van der Waals surface area contributed by atoms with Crippen LogP contribution in [0.15, 0.2) is 34.7 Å². The highest BCUT2D eigenvalue weighted by Gasteiger charge is 2.64. The first-order valence-electron chi connectivity index (χ1n) is 13.4. The highest BCUT2D eigenvalue weighted by Crippen LogP contribution is 2.69. The van der Waals surface area contributed by atoms with E-state index in [1.807, 2.05) is 6.07 Å². The number of hydrogen-bond acceptors (Lipinski definition) is 3. The van der Waals surface area contributed by atoms with E-state index in [0.717, 1.165) is 37.2 Å². The smallest absolute Gasteiger partial charge is 0.192 e. The van der Waals surface area contributed by atoms with Gasteiger partial charge < -0.3 is 13.9 Å². The molecule has 4 aliphatic rings. The SMILES string of the molecule is CC(C)(C)[Si](C)(C)O[C@H]1CC[C@@]2(C)C(=CC[C@@H]3[C@@H]2CC[C@@]2(C)[C@H]3CCC2(O)c2ccoc2)C1. The fourth-order valence-corrected chi connectivity index (χ4v) is 9.70. The summed E-state index contributed by atoms with van der Waals surface area (Å²) in [6.07, 6.45) is 15.6. The maximum Gasteiger partial charge on any atom is 0.192 e. The molecule has 33 heavy (non-hydrogen) atoms. The van der Waals surface area contributed by atoms with Gasteiger partial charge in [-0.15, -0.1) is 0 Å². The normalized spacial score (nSPS) is 43.5. The third-order valence-corrected chi connectivity index (χ3v) is 16.0. The highest BCUT2D eigenvalue weighted by molar-refractivity contribution is 6.74. The molecule has 1 aromatic heterocycles. The van der Waals surface area contributed by atoms with Crippen LogP contribution in [0.5, 0.6) is 0 Å². The van der Waals surface area contributed by atoms with Gasteiger partial charge in [0.2, 0.25) is 0 Å². The Labute approximate surface area is 202 Å². The van der Waals surface area contributed by atoms with Crippen molar-refractivity contribution < 1.29 is 13.9 Å². The van der Waals surface area contributed by atoms with Gasteiger partial charge in [-0.1, -0.05) is 46.3 Å². The lowest BCUT2D eigenvalue weighted by atomic mass is 9.46. The maximum atomic E-state index is 11.9. The molecule has 0 radical (unpaired) electrons. The van der Waals surface area contributed by atoms with Gasteiger partial charge in [0, 0.05) is 17.1 Å². The number of allylic oxidation sites excluding steroid dienone is 1. The number of hydrogen-bond donors (Lipinski definition) is 1. The number of fused-ring (bicyclic) bond motifs is 5. The van der Waals surface area contributed by atoms with E-state index in [0.29, 0.717) is 23.4 Å². The molecule has 4 heteroatoms. The summed E-state index contributed by atoms with van der Waals surface area (Å²) in [7, 11) is -1.74. The summed E-state index contributed by atoms with van der Waals surface area (Å²) in [6.45, 7) is 16.8. The first kappa shape index (κ1) is 23.9. The van der Waals surface area contributed by atoms with Crippen LogP contribution >= 0.6 is 0 Å². The van der Waals surface area contributed by atoms with Crippen molar-refractivity contribution in [1.82, 2.24) is 0 Å². The predicted octanol–water partition coefficient (Wildman–Crippen LogP) is 7.82. The highest BCUT2D eigenvalue weighted by atomic mass is 28.4. The molecule has 0 saturated heterocycles. The van der Waals surface area contributed by atoms with Crippen molar-refractivity contribution >= 4 is 8.32 Å². The van der Waals surface area contributed by atoms with Gasteiger partial charge in [0.15, 0.2) is 8.32 Å². The third-order valence-electron chi connectivity index (χ3n) is 11.5. The van der Waals surface area contributed by atoms with Gasteiger partial charge in [-0.3, -0.25) is 0 Å². The Morgan fingerprint density at radius 1 is 1.06 bits per heavy atom. The van der Waals surface area contributed by atoms with E-state index in [9.17, 15) is 5.11 Å². The van der Waals surface area contributed by atoms with E-state index >= 15 is 0 Å². The molecular formula is C29H46O3Si. The van der Waals surface area contributed by atoms with Gasteiger partial charge in [0.05, 0.1) is 18.1 Å². The molecule has 0 aromatic carbocycles. The minimum absolute atomic E-state index is 0.0532. The monoisotopic (exact) mass is 470 g/mol. The average molecular weight is 471 g/mol. The second-order valence-electron chi connectivity index (χ2n) is 13.9. The number of furan rings is 1. The summed E-state index contributed by atoms with van der Waals surface area (Å²) < 4.78 is 12.3. The van der Waals surface area contributed by atoms with Crippen LogP contribution in [-0.4, -0.2) is 19.5 Å². The summed E-state index contributed by atoms with van der Waals surface area (Å²) in [5.74, 6) is 2.03. The molecule has 5 rings (SSSR count). The molecule has 3 nitrogen and oxygen atoms in total. The molecule has 1 unspecified atom stereocenters. The largest absolute Gasteiger partial charge is 0.472 e. The van der Waals surface area contributed by atoms with Gasteiger partial charge >= 0.3 is 0 Å². The predicted molar refractivity (Wildman–Crippen MR) is 136 cm³/mol. The standard InChI is InChI=1S/C29H46O3Si/c1-26(2,3)33(6,7)32-22-10-14-27(4)20(18-22)8-9-23-24(27)11-15-28(5)25(23)12-16-29(28,30)21-13-17-31-19-21/h8,13,17,19,22-25,30H,9-12,14-16,18H2,1-7H3/t22-,23+,24-,25-,27-,28-,29?/m0/s1. The molecule has 184 valence electrons. The van der Waals surface area contributed by atoms with Crippen LogP contribution in [0, 0.1) is 28.6 Å². The summed E-state index contributed by atoms with van der Waals surface area (Å²) >= 11 is 0. The number of rotatable bonds is 3. The Morgan fingerprint density at radius 3 is 2.45 bits per heavy atom. The van der Waals surface area contributed by atoms with Crippen molar-refractivity contribution in [2.75, 3.05) is 0 Å². The van der Waals surface area contributed by atoms with Crippen molar-refractivity contribution in [3.63, 3.8) is 0 Å². The molecule has 1 heterocycles. The minimum Gasteiger partial charge on any atom is -0.472 e. The second kappa shape index (κ2) is 7.58. The van der Waals surface area contributed by atoms with Crippen molar-refractivity contribution in [1.29, 1.82) is 0 Å². The molecule has 7 atom stereocenters. The van der Waals surface area contributed by atoms with Gasteiger partial charge in [-0.2, -0.15) is 0 Å². The van der Waals surface area contributed by atoms with Gasteiger partial charge in [-0.25, -0.2) is 0 Å². The topological polar surface area (TPSA) is 42.6 Å². The zero-order valence-corrected chi connectivity index (χ0v) is 23.0. The quantitative estimate of drug-likeness (QED) is 0.362. The summed E-state index contributed by atoms with van der Waals surface area (Å²) in [4.78, 5) is 0. The fourth-order valence-electron chi connectivity index (χ4n) is 8.31. The van der Waals surface area contributed by atoms with Crippen LogP contribution in [0.4, 0.5) is 0 Å². The second-order valence-corrected chi connectivity index (χ2v) is 18.6. The molecule has 1 aromatic rings. The molecule has 0 aliphatic heterocycles. The summed E-state index contributed by atoms with van der Waals surface area (Å²) in [5.41, 5.74) is 2.20. The molecular weight excluding hydrogens is 424 g/mol. The first-order valence-corrected chi connectivity index (χ1v) is 16.4. The first-order chi connectivity index (χ1) is 15.3. The van der Waals surface area contributed by atoms with Crippen molar-refractivity contribution in [3.8, 4) is 0 Å². The summed E-state index contributed by atoms with van der Waals surface area (Å²) in [5, 5.41) is 12.2. The lowest BCUT2D eigenvalue weighted by Gasteiger charge is -2.59. The van der Waals surface area contributed by atoms with Crippen LogP contribution in [0.1, 0.15) is 91.5 Å². The van der Waals surface area contributed by atoms with E-state index in [4.69, 9.17) is 8.84 Å². The Balaban J connectivity index is 1.38. The Morgan fingerprint density at radius 2 is 1.79 bits per heavy atom. The zero-order chi connectivity index (χ0) is 23.9. The van der Waals surface area contributed by atoms with Crippen LogP contribution in [0.2, 0.25) is 18.1 Å². The molecule has 1 N–H and O–H groups in total. The van der Waals surface area contributed by atoms with E-state index < -0.39 is 13.9 Å². The Hall–Kier alpha value is -0.843. The molecule has 3 saturated carbocycles. The zero-order valence-electron chi connectivity index (χ0n) is 22.0. The van der Waals surface area contributed by atoms with E-state index in [-0.39, 0.29) is 10.5 Å². The van der Waals surface area contributed by atoms with Crippen molar-refractivity contribution in [2.45, 2.75) is 116 Å². The lowest BCUT2D eigenvalue weighted by Crippen LogP contribution is -2.54. The molecule has 0 amide bonds. The van der Waals surface area contributed by atoms with Crippen LogP contribution in [-0.2, 0) is 10.0 Å². The molecule has 4 aliphatic carbocycles. The molecule has 0 bridgehead atoms. The lowest BCUT2D eigenvalue weighted by molar-refractivity contribution is -0.129. The number of aliphatic hydroxyl groups is 1. The van der Waals surface area contributed by atoms with Crippen LogP contribution < -0.4 is 0 Å². The van der Waals surface area contributed by atoms with E-state index in [2.05, 4.69) is 53.8 Å². The van der Waals surface area contributed by atoms with Gasteiger partial charge in [-0.05, 0) is 98.7 Å². The maximum absolute atomic E-state index is 11.9. The van der Waals surface area contributed by atoms with E-state index in [1.165, 1.54) is 25.7 Å². The minimum atomic E-state index is -1.74. The third kappa shape index (κ3) is 3.41. The van der Waals surface area contributed by atoms with Crippen molar-refractivity contribution in [3.05, 3.63) is 35.8 Å². The Bertz CT molecular complexity index is 912. The van der Waals surface area contributed by atoms with Crippen LogP contribution in [0.25, 0.3) is 0 Å².